The van der Waals surface area contributed by atoms with Gasteiger partial charge in [-0.2, -0.15) is 12.6 Å². The van der Waals surface area contributed by atoms with Gasteiger partial charge in [-0.3, -0.25) is 4.79 Å². The molecule has 0 rings (SSSR count). The van der Waals surface area contributed by atoms with Crippen molar-refractivity contribution >= 4 is 18.6 Å². The van der Waals surface area contributed by atoms with Gasteiger partial charge >= 0.3 is 5.97 Å². The van der Waals surface area contributed by atoms with E-state index in [1.807, 2.05) is 0 Å². The highest BCUT2D eigenvalue weighted by Gasteiger charge is 2.15. The SMILES string of the molecule is CCCCCCCCCCC(CCS)C(=O)O. The van der Waals surface area contributed by atoms with Crippen LogP contribution in [0.5, 0.6) is 0 Å². The third kappa shape index (κ3) is 10.7. The smallest absolute Gasteiger partial charge is 0.306 e. The molecular formula is C14H28O2S. The number of carboxylic acids is 1. The predicted octanol–water partition coefficient (Wildman–Crippen LogP) is 4.54. The van der Waals surface area contributed by atoms with Gasteiger partial charge in [-0.1, -0.05) is 58.3 Å². The fourth-order valence-corrected chi connectivity index (χ4v) is 2.38. The Bertz CT molecular complexity index is 183. The molecule has 1 unspecified atom stereocenters. The molecule has 0 aliphatic heterocycles. The van der Waals surface area contributed by atoms with Crippen molar-refractivity contribution < 1.29 is 9.90 Å². The third-order valence-electron chi connectivity index (χ3n) is 3.23. The van der Waals surface area contributed by atoms with Gasteiger partial charge in [0, 0.05) is 0 Å². The van der Waals surface area contributed by atoms with E-state index >= 15 is 0 Å². The molecule has 2 nitrogen and oxygen atoms in total. The normalized spacial score (nSPS) is 12.6. The lowest BCUT2D eigenvalue weighted by Crippen LogP contribution is -2.14. The number of carbonyl (C=O) groups is 1. The minimum Gasteiger partial charge on any atom is -0.481 e. The van der Waals surface area contributed by atoms with Crippen LogP contribution in [-0.2, 0) is 4.79 Å². The third-order valence-corrected chi connectivity index (χ3v) is 3.49. The lowest BCUT2D eigenvalue weighted by Gasteiger charge is -2.10. The Morgan fingerprint density at radius 3 is 2.00 bits per heavy atom. The van der Waals surface area contributed by atoms with Gasteiger partial charge in [0.05, 0.1) is 5.92 Å². The number of thiol groups is 1. The molecule has 0 heterocycles. The van der Waals surface area contributed by atoms with E-state index in [-0.39, 0.29) is 5.92 Å². The lowest BCUT2D eigenvalue weighted by atomic mass is 9.98. The molecule has 17 heavy (non-hydrogen) atoms. The highest BCUT2D eigenvalue weighted by Crippen LogP contribution is 2.16. The number of aliphatic carboxylic acids is 1. The Morgan fingerprint density at radius 1 is 1.00 bits per heavy atom. The topological polar surface area (TPSA) is 37.3 Å². The first-order valence-corrected chi connectivity index (χ1v) is 7.69. The summed E-state index contributed by atoms with van der Waals surface area (Å²) in [7, 11) is 0. The molecular weight excluding hydrogens is 232 g/mol. The van der Waals surface area contributed by atoms with Crippen molar-refractivity contribution in [3.8, 4) is 0 Å². The molecule has 0 aromatic heterocycles. The van der Waals surface area contributed by atoms with E-state index in [0.29, 0.717) is 12.2 Å². The number of carboxylic acid groups (broad SMARTS) is 1. The zero-order valence-corrected chi connectivity index (χ0v) is 12.1. The summed E-state index contributed by atoms with van der Waals surface area (Å²) < 4.78 is 0. The molecule has 1 atom stereocenters. The molecule has 0 saturated heterocycles. The van der Waals surface area contributed by atoms with Gasteiger partial charge in [0.15, 0.2) is 0 Å². The second-order valence-corrected chi connectivity index (χ2v) is 5.26. The molecule has 0 spiro atoms. The van der Waals surface area contributed by atoms with E-state index < -0.39 is 5.97 Å². The second kappa shape index (κ2) is 12.3. The Hall–Kier alpha value is -0.180. The summed E-state index contributed by atoms with van der Waals surface area (Å²) in [4.78, 5) is 10.9. The van der Waals surface area contributed by atoms with Crippen LogP contribution in [0.3, 0.4) is 0 Å². The molecule has 0 aliphatic carbocycles. The molecule has 0 bridgehead atoms. The second-order valence-electron chi connectivity index (χ2n) is 4.81. The molecule has 0 aromatic carbocycles. The summed E-state index contributed by atoms with van der Waals surface area (Å²) in [6.07, 6.45) is 11.7. The Morgan fingerprint density at radius 2 is 1.53 bits per heavy atom. The molecule has 0 fully saturated rings. The minimum atomic E-state index is -0.651. The Labute approximate surface area is 112 Å². The molecule has 102 valence electrons. The molecule has 0 saturated carbocycles. The summed E-state index contributed by atoms with van der Waals surface area (Å²) in [6.45, 7) is 2.23. The predicted molar refractivity (Wildman–Crippen MR) is 76.8 cm³/mol. The Balaban J connectivity index is 3.33. The van der Waals surface area contributed by atoms with Crippen LogP contribution in [0.4, 0.5) is 0 Å². The lowest BCUT2D eigenvalue weighted by molar-refractivity contribution is -0.142. The van der Waals surface area contributed by atoms with Crippen LogP contribution in [0.25, 0.3) is 0 Å². The summed E-state index contributed by atoms with van der Waals surface area (Å²) in [6, 6.07) is 0. The van der Waals surface area contributed by atoms with E-state index in [1.165, 1.54) is 44.9 Å². The molecule has 0 aliphatic rings. The largest absolute Gasteiger partial charge is 0.481 e. The van der Waals surface area contributed by atoms with Crippen molar-refractivity contribution in [1.82, 2.24) is 0 Å². The van der Waals surface area contributed by atoms with Crippen LogP contribution in [0, 0.1) is 5.92 Å². The first-order chi connectivity index (χ1) is 8.22. The van der Waals surface area contributed by atoms with Crippen LogP contribution < -0.4 is 0 Å². The van der Waals surface area contributed by atoms with Gasteiger partial charge in [-0.25, -0.2) is 0 Å². The number of hydrogen-bond donors (Lipinski definition) is 2. The first-order valence-electron chi connectivity index (χ1n) is 7.06. The van der Waals surface area contributed by atoms with E-state index in [9.17, 15) is 4.79 Å². The van der Waals surface area contributed by atoms with E-state index in [2.05, 4.69) is 19.6 Å². The zero-order valence-electron chi connectivity index (χ0n) is 11.2. The number of unbranched alkanes of at least 4 members (excludes halogenated alkanes) is 7. The molecule has 1 N–H and O–H groups in total. The van der Waals surface area contributed by atoms with Crippen molar-refractivity contribution in [2.45, 2.75) is 71.1 Å². The summed E-state index contributed by atoms with van der Waals surface area (Å²) in [5.41, 5.74) is 0. The van der Waals surface area contributed by atoms with E-state index in [1.54, 1.807) is 0 Å². The summed E-state index contributed by atoms with van der Waals surface area (Å²) in [5, 5.41) is 8.97. The Kier molecular flexibility index (Phi) is 12.2. The minimum absolute atomic E-state index is 0.174. The maximum absolute atomic E-state index is 10.9. The molecule has 0 amide bonds. The standard InChI is InChI=1S/C14H28O2S/c1-2-3-4-5-6-7-8-9-10-13(11-12-17)14(15)16/h13,17H,2-12H2,1H3,(H,15,16). The highest BCUT2D eigenvalue weighted by molar-refractivity contribution is 7.80. The fraction of sp³-hybridized carbons (Fsp3) is 0.929. The van der Waals surface area contributed by atoms with Crippen molar-refractivity contribution in [1.29, 1.82) is 0 Å². The van der Waals surface area contributed by atoms with Crippen LogP contribution >= 0.6 is 12.6 Å². The van der Waals surface area contributed by atoms with E-state index in [4.69, 9.17) is 5.11 Å². The maximum atomic E-state index is 10.9. The van der Waals surface area contributed by atoms with Crippen LogP contribution in [-0.4, -0.2) is 16.8 Å². The molecule has 3 heteroatoms. The van der Waals surface area contributed by atoms with Crippen molar-refractivity contribution in [3.63, 3.8) is 0 Å². The number of hydrogen-bond acceptors (Lipinski definition) is 2. The van der Waals surface area contributed by atoms with Crippen molar-refractivity contribution in [3.05, 3.63) is 0 Å². The van der Waals surface area contributed by atoms with Gasteiger partial charge in [0.1, 0.15) is 0 Å². The fourth-order valence-electron chi connectivity index (χ4n) is 2.07. The van der Waals surface area contributed by atoms with Gasteiger partial charge in [0.25, 0.3) is 0 Å². The maximum Gasteiger partial charge on any atom is 0.306 e. The average Bonchev–Trinajstić information content (AvgIpc) is 2.31. The molecule has 0 radical (unpaired) electrons. The van der Waals surface area contributed by atoms with Crippen LogP contribution in [0.2, 0.25) is 0 Å². The van der Waals surface area contributed by atoms with Crippen LogP contribution in [0.1, 0.15) is 71.1 Å². The van der Waals surface area contributed by atoms with Gasteiger partial charge in [-0.05, 0) is 18.6 Å². The van der Waals surface area contributed by atoms with Crippen LogP contribution in [0.15, 0.2) is 0 Å². The zero-order chi connectivity index (χ0) is 12.9. The summed E-state index contributed by atoms with van der Waals surface area (Å²) >= 11 is 4.10. The monoisotopic (exact) mass is 260 g/mol. The highest BCUT2D eigenvalue weighted by atomic mass is 32.1. The van der Waals surface area contributed by atoms with Gasteiger partial charge in [0.2, 0.25) is 0 Å². The average molecular weight is 260 g/mol. The quantitative estimate of drug-likeness (QED) is 0.399. The van der Waals surface area contributed by atoms with E-state index in [0.717, 1.165) is 12.8 Å². The molecule has 0 aromatic rings. The summed E-state index contributed by atoms with van der Waals surface area (Å²) in [5.74, 6) is -0.150. The van der Waals surface area contributed by atoms with Gasteiger partial charge in [-0.15, -0.1) is 0 Å². The van der Waals surface area contributed by atoms with Crippen molar-refractivity contribution in [2.75, 3.05) is 5.75 Å². The van der Waals surface area contributed by atoms with Crippen molar-refractivity contribution in [2.24, 2.45) is 5.92 Å². The number of rotatable bonds is 12. The van der Waals surface area contributed by atoms with Gasteiger partial charge < -0.3 is 5.11 Å². The first kappa shape index (κ1) is 16.8.